The Morgan fingerprint density at radius 3 is 2.22 bits per heavy atom. The fourth-order valence-electron chi connectivity index (χ4n) is 3.57. The number of imidazole rings is 1. The van der Waals surface area contributed by atoms with Gasteiger partial charge in [0.1, 0.15) is 0 Å². The van der Waals surface area contributed by atoms with Gasteiger partial charge in [0.15, 0.2) is 4.77 Å². The normalized spacial score (nSPS) is 10.8. The fourth-order valence-corrected chi connectivity index (χ4v) is 4.09. The average Bonchev–Trinajstić information content (AvgIpc) is 3.04. The van der Waals surface area contributed by atoms with Gasteiger partial charge in [-0.3, -0.25) is 9.36 Å². The summed E-state index contributed by atoms with van der Waals surface area (Å²) in [7, 11) is 0. The molecule has 1 amide bonds. The van der Waals surface area contributed by atoms with Gasteiger partial charge in [0.2, 0.25) is 11.8 Å². The van der Waals surface area contributed by atoms with E-state index in [1.807, 2.05) is 65.2 Å². The molecule has 1 heterocycles. The Labute approximate surface area is 196 Å². The number of carbonyl (C=O) groups is 1. The SMILES string of the molecule is O=C(Cc1c(O)n(-c2ccccc2)c(=S)n1CCc1ccccc1)Nc1ccc(Cl)cc1. The van der Waals surface area contributed by atoms with Crippen LogP contribution in [0.15, 0.2) is 84.9 Å². The highest BCUT2D eigenvalue weighted by atomic mass is 35.5. The molecule has 0 radical (unpaired) electrons. The molecule has 4 aromatic rings. The molecule has 2 N–H and O–H groups in total. The molecule has 0 aliphatic rings. The molecule has 0 unspecified atom stereocenters. The van der Waals surface area contributed by atoms with E-state index >= 15 is 0 Å². The maximum Gasteiger partial charge on any atom is 0.230 e. The summed E-state index contributed by atoms with van der Waals surface area (Å²) in [6.07, 6.45) is 0.700. The van der Waals surface area contributed by atoms with Crippen LogP contribution in [0.25, 0.3) is 5.69 Å². The predicted molar refractivity (Wildman–Crippen MR) is 130 cm³/mol. The van der Waals surface area contributed by atoms with Crippen LogP contribution in [0.3, 0.4) is 0 Å². The van der Waals surface area contributed by atoms with E-state index in [4.69, 9.17) is 23.8 Å². The third-order valence-corrected chi connectivity index (χ3v) is 5.81. The number of aromatic nitrogens is 2. The van der Waals surface area contributed by atoms with E-state index in [9.17, 15) is 9.90 Å². The van der Waals surface area contributed by atoms with Crippen molar-refractivity contribution in [2.45, 2.75) is 19.4 Å². The number of hydrogen-bond donors (Lipinski definition) is 2. The van der Waals surface area contributed by atoms with E-state index in [0.29, 0.717) is 27.7 Å². The predicted octanol–water partition coefficient (Wildman–Crippen LogP) is 5.79. The van der Waals surface area contributed by atoms with Gasteiger partial charge in [0.25, 0.3) is 0 Å². The Morgan fingerprint density at radius 1 is 0.938 bits per heavy atom. The van der Waals surface area contributed by atoms with E-state index in [1.165, 1.54) is 0 Å². The highest BCUT2D eigenvalue weighted by molar-refractivity contribution is 7.71. The third kappa shape index (κ3) is 4.93. The maximum atomic E-state index is 12.8. The second-order valence-electron chi connectivity index (χ2n) is 7.34. The summed E-state index contributed by atoms with van der Waals surface area (Å²) >= 11 is 11.6. The number of rotatable bonds is 7. The Hall–Kier alpha value is -3.35. The summed E-state index contributed by atoms with van der Waals surface area (Å²) in [5.74, 6) is -0.281. The van der Waals surface area contributed by atoms with E-state index in [-0.39, 0.29) is 18.2 Å². The van der Waals surface area contributed by atoms with Crippen molar-refractivity contribution in [3.05, 3.63) is 106 Å². The smallest absolute Gasteiger partial charge is 0.230 e. The molecular weight excluding hydrogens is 442 g/mol. The van der Waals surface area contributed by atoms with Gasteiger partial charge >= 0.3 is 0 Å². The number of benzene rings is 3. The van der Waals surface area contributed by atoms with Crippen LogP contribution in [0, 0.1) is 4.77 Å². The van der Waals surface area contributed by atoms with Crippen molar-refractivity contribution in [3.63, 3.8) is 0 Å². The Morgan fingerprint density at radius 2 is 1.56 bits per heavy atom. The molecule has 0 bridgehead atoms. The quantitative estimate of drug-likeness (QED) is 0.341. The molecule has 0 aliphatic carbocycles. The van der Waals surface area contributed by atoms with Crippen LogP contribution >= 0.6 is 23.8 Å². The molecule has 5 nitrogen and oxygen atoms in total. The number of carbonyl (C=O) groups excluding carboxylic acids is 1. The van der Waals surface area contributed by atoms with Gasteiger partial charge in [-0.15, -0.1) is 0 Å². The lowest BCUT2D eigenvalue weighted by molar-refractivity contribution is -0.115. The maximum absolute atomic E-state index is 12.8. The number of para-hydroxylation sites is 1. The zero-order valence-corrected chi connectivity index (χ0v) is 18.8. The van der Waals surface area contributed by atoms with Gasteiger partial charge in [0.05, 0.1) is 17.8 Å². The second-order valence-corrected chi connectivity index (χ2v) is 8.14. The summed E-state index contributed by atoms with van der Waals surface area (Å²) in [6.45, 7) is 0.541. The first-order valence-corrected chi connectivity index (χ1v) is 11.0. The van der Waals surface area contributed by atoms with Crippen molar-refractivity contribution >= 4 is 35.4 Å². The summed E-state index contributed by atoms with van der Waals surface area (Å²) in [6, 6.07) is 26.3. The third-order valence-electron chi connectivity index (χ3n) is 5.16. The van der Waals surface area contributed by atoms with Crippen LogP contribution in [0.5, 0.6) is 5.88 Å². The number of anilines is 1. The Bertz CT molecular complexity index is 1270. The molecule has 0 aliphatic heterocycles. The highest BCUT2D eigenvalue weighted by Gasteiger charge is 2.21. The van der Waals surface area contributed by atoms with Crippen LogP contribution in [0.2, 0.25) is 5.02 Å². The minimum atomic E-state index is -0.253. The first-order valence-electron chi connectivity index (χ1n) is 10.2. The van der Waals surface area contributed by atoms with Gasteiger partial charge in [-0.25, -0.2) is 0 Å². The van der Waals surface area contributed by atoms with Gasteiger partial charge in [-0.2, -0.15) is 0 Å². The van der Waals surface area contributed by atoms with Crippen molar-refractivity contribution in [1.29, 1.82) is 0 Å². The molecular formula is C25H22ClN3O2S. The largest absolute Gasteiger partial charge is 0.493 e. The molecule has 162 valence electrons. The number of amides is 1. The molecule has 0 spiro atoms. The first kappa shape index (κ1) is 21.9. The lowest BCUT2D eigenvalue weighted by Gasteiger charge is -2.09. The number of hydrogen-bond acceptors (Lipinski definition) is 3. The number of nitrogens with zero attached hydrogens (tertiary/aromatic N) is 2. The van der Waals surface area contributed by atoms with Gasteiger partial charge in [0, 0.05) is 17.3 Å². The summed E-state index contributed by atoms with van der Waals surface area (Å²) in [5.41, 5.74) is 3.00. The van der Waals surface area contributed by atoms with E-state index in [2.05, 4.69) is 5.32 Å². The fraction of sp³-hybridized carbons (Fsp3) is 0.120. The minimum absolute atomic E-state index is 0.0211. The summed E-state index contributed by atoms with van der Waals surface area (Å²) in [5, 5.41) is 14.5. The van der Waals surface area contributed by atoms with Crippen molar-refractivity contribution in [3.8, 4) is 11.6 Å². The molecule has 0 saturated heterocycles. The lowest BCUT2D eigenvalue weighted by Crippen LogP contribution is -2.17. The highest BCUT2D eigenvalue weighted by Crippen LogP contribution is 2.27. The van der Waals surface area contributed by atoms with Gasteiger partial charge < -0.3 is 15.0 Å². The van der Waals surface area contributed by atoms with Crippen LogP contribution in [0.1, 0.15) is 11.3 Å². The molecule has 3 aromatic carbocycles. The Kier molecular flexibility index (Phi) is 6.73. The summed E-state index contributed by atoms with van der Waals surface area (Å²) < 4.78 is 3.89. The molecule has 0 fully saturated rings. The van der Waals surface area contributed by atoms with E-state index < -0.39 is 0 Å². The minimum Gasteiger partial charge on any atom is -0.493 e. The monoisotopic (exact) mass is 463 g/mol. The molecule has 4 rings (SSSR count). The topological polar surface area (TPSA) is 59.2 Å². The van der Waals surface area contributed by atoms with Crippen LogP contribution in [0.4, 0.5) is 5.69 Å². The Balaban J connectivity index is 1.66. The van der Waals surface area contributed by atoms with Gasteiger partial charge in [-0.1, -0.05) is 60.1 Å². The second kappa shape index (κ2) is 9.85. The van der Waals surface area contributed by atoms with E-state index in [0.717, 1.165) is 17.7 Å². The molecule has 32 heavy (non-hydrogen) atoms. The van der Waals surface area contributed by atoms with Crippen LogP contribution in [-0.2, 0) is 24.2 Å². The molecule has 7 heteroatoms. The summed E-state index contributed by atoms with van der Waals surface area (Å²) in [4.78, 5) is 12.8. The van der Waals surface area contributed by atoms with Crippen molar-refractivity contribution in [2.75, 3.05) is 5.32 Å². The lowest BCUT2D eigenvalue weighted by atomic mass is 10.1. The number of halogens is 1. The zero-order chi connectivity index (χ0) is 22.5. The van der Waals surface area contributed by atoms with Crippen molar-refractivity contribution in [2.24, 2.45) is 0 Å². The molecule has 0 saturated carbocycles. The van der Waals surface area contributed by atoms with Crippen LogP contribution in [-0.4, -0.2) is 20.1 Å². The van der Waals surface area contributed by atoms with Crippen molar-refractivity contribution in [1.82, 2.24) is 9.13 Å². The molecule has 1 aromatic heterocycles. The molecule has 0 atom stereocenters. The number of nitrogens with one attached hydrogen (secondary N) is 1. The van der Waals surface area contributed by atoms with Crippen LogP contribution < -0.4 is 5.32 Å². The number of aromatic hydroxyl groups is 1. The van der Waals surface area contributed by atoms with Gasteiger partial charge in [-0.05, 0) is 60.6 Å². The standard InChI is InChI=1S/C25H22ClN3O2S/c26-19-11-13-20(14-12-19)27-23(30)17-22-24(31)29(21-9-5-2-6-10-21)25(32)28(22)16-15-18-7-3-1-4-8-18/h1-14,31H,15-17H2,(H,27,30). The van der Waals surface area contributed by atoms with Crippen molar-refractivity contribution < 1.29 is 9.90 Å². The van der Waals surface area contributed by atoms with E-state index in [1.54, 1.807) is 28.8 Å². The average molecular weight is 464 g/mol. The zero-order valence-electron chi connectivity index (χ0n) is 17.2. The first-order chi connectivity index (χ1) is 15.5. The number of aryl methyl sites for hydroxylation is 1.